The number of benzene rings is 1. The van der Waals surface area contributed by atoms with Gasteiger partial charge in [0.2, 0.25) is 5.95 Å². The van der Waals surface area contributed by atoms with E-state index in [9.17, 15) is 9.59 Å². The number of aromatic amines is 1. The fourth-order valence-corrected chi connectivity index (χ4v) is 3.44. The molecule has 0 fully saturated rings. The molecule has 0 unspecified atom stereocenters. The highest BCUT2D eigenvalue weighted by atomic mass is 35.5. The zero-order chi connectivity index (χ0) is 20.7. The molecule has 0 aliphatic heterocycles. The summed E-state index contributed by atoms with van der Waals surface area (Å²) in [6.07, 6.45) is 3.45. The highest BCUT2D eigenvalue weighted by molar-refractivity contribution is 6.42. The van der Waals surface area contributed by atoms with Gasteiger partial charge >= 0.3 is 5.69 Å². The summed E-state index contributed by atoms with van der Waals surface area (Å²) in [6.45, 7) is 0.542. The number of nitrogens with zero attached hydrogens (tertiary/aromatic N) is 5. The van der Waals surface area contributed by atoms with E-state index in [2.05, 4.69) is 20.5 Å². The predicted molar refractivity (Wildman–Crippen MR) is 112 cm³/mol. The van der Waals surface area contributed by atoms with Crippen LogP contribution in [-0.4, -0.2) is 28.9 Å². The molecule has 0 aliphatic rings. The third-order valence-corrected chi connectivity index (χ3v) is 5.43. The fraction of sp³-hybridized carbons (Fsp3) is 0.222. The molecular weight excluding hydrogens is 417 g/mol. The molecule has 0 atom stereocenters. The van der Waals surface area contributed by atoms with Crippen LogP contribution < -0.4 is 16.6 Å². The lowest BCUT2D eigenvalue weighted by molar-refractivity contribution is 0.655. The summed E-state index contributed by atoms with van der Waals surface area (Å²) >= 11 is 12.0. The van der Waals surface area contributed by atoms with E-state index in [4.69, 9.17) is 23.2 Å². The van der Waals surface area contributed by atoms with Crippen LogP contribution in [0.3, 0.4) is 0 Å². The second-order valence-corrected chi connectivity index (χ2v) is 7.42. The van der Waals surface area contributed by atoms with Crippen molar-refractivity contribution in [3.05, 3.63) is 72.6 Å². The van der Waals surface area contributed by atoms with E-state index >= 15 is 0 Å². The van der Waals surface area contributed by atoms with Crippen molar-refractivity contribution in [2.75, 3.05) is 5.32 Å². The first-order valence-corrected chi connectivity index (χ1v) is 9.44. The summed E-state index contributed by atoms with van der Waals surface area (Å²) < 4.78 is 4.16. The monoisotopic (exact) mass is 433 g/mol. The van der Waals surface area contributed by atoms with E-state index in [0.29, 0.717) is 39.3 Å². The Bertz CT molecular complexity index is 1320. The van der Waals surface area contributed by atoms with Crippen molar-refractivity contribution in [3.8, 4) is 0 Å². The number of nitrogens with one attached hydrogen (secondary N) is 2. The largest absolute Gasteiger partial charge is 0.351 e. The van der Waals surface area contributed by atoms with Crippen LogP contribution in [0.4, 0.5) is 5.95 Å². The second-order valence-electron chi connectivity index (χ2n) is 6.61. The van der Waals surface area contributed by atoms with Crippen molar-refractivity contribution >= 4 is 40.3 Å². The van der Waals surface area contributed by atoms with Crippen LogP contribution in [0.1, 0.15) is 11.1 Å². The van der Waals surface area contributed by atoms with Crippen molar-refractivity contribution in [2.45, 2.75) is 13.1 Å². The molecule has 150 valence electrons. The number of aromatic nitrogens is 6. The van der Waals surface area contributed by atoms with E-state index in [-0.39, 0.29) is 6.54 Å². The summed E-state index contributed by atoms with van der Waals surface area (Å²) in [5.74, 6) is 0.473. The number of H-pyrrole nitrogens is 1. The molecule has 0 bridgehead atoms. The molecule has 2 N–H and O–H groups in total. The second kappa shape index (κ2) is 7.41. The van der Waals surface area contributed by atoms with Crippen molar-refractivity contribution in [2.24, 2.45) is 14.1 Å². The van der Waals surface area contributed by atoms with Gasteiger partial charge in [0.15, 0.2) is 11.2 Å². The standard InChI is InChI=1S/C18H17Cl2N7O2/c1-25-14-15(24-17(25)21-6-11-7-22-23-8-11)26(2)18(29)27(16(14)28)9-10-3-4-12(19)13(20)5-10/h3-5,7-8H,6,9H2,1-2H3,(H,21,24)(H,22,23). The predicted octanol–water partition coefficient (Wildman–Crippen LogP) is 2.12. The average molecular weight is 434 g/mol. The fourth-order valence-electron chi connectivity index (χ4n) is 3.12. The first-order valence-electron chi connectivity index (χ1n) is 8.68. The van der Waals surface area contributed by atoms with Crippen molar-refractivity contribution in [3.63, 3.8) is 0 Å². The maximum absolute atomic E-state index is 13.1. The Morgan fingerprint density at radius 2 is 1.90 bits per heavy atom. The molecule has 0 saturated heterocycles. The minimum atomic E-state index is -0.465. The van der Waals surface area contributed by atoms with Gasteiger partial charge < -0.3 is 9.88 Å². The minimum absolute atomic E-state index is 0.0707. The number of anilines is 1. The van der Waals surface area contributed by atoms with Gasteiger partial charge in [0.05, 0.1) is 22.8 Å². The van der Waals surface area contributed by atoms with Crippen molar-refractivity contribution in [1.82, 2.24) is 28.9 Å². The number of hydrogen-bond donors (Lipinski definition) is 2. The zero-order valence-electron chi connectivity index (χ0n) is 15.6. The van der Waals surface area contributed by atoms with E-state index in [1.54, 1.807) is 49.3 Å². The summed E-state index contributed by atoms with van der Waals surface area (Å²) in [6, 6.07) is 5.00. The number of imidazole rings is 1. The number of halogens is 2. The zero-order valence-corrected chi connectivity index (χ0v) is 17.1. The maximum Gasteiger partial charge on any atom is 0.332 e. The molecule has 11 heteroatoms. The van der Waals surface area contributed by atoms with E-state index in [1.165, 1.54) is 4.57 Å². The Hall–Kier alpha value is -3.04. The number of hydrogen-bond acceptors (Lipinski definition) is 5. The molecule has 4 aromatic rings. The highest BCUT2D eigenvalue weighted by Gasteiger charge is 2.19. The first kappa shape index (κ1) is 19.3. The molecule has 0 aliphatic carbocycles. The molecule has 3 heterocycles. The Morgan fingerprint density at radius 1 is 1.10 bits per heavy atom. The van der Waals surface area contributed by atoms with E-state index in [1.807, 2.05) is 0 Å². The van der Waals surface area contributed by atoms with Crippen LogP contribution in [0.15, 0.2) is 40.2 Å². The quantitative estimate of drug-likeness (QED) is 0.501. The van der Waals surface area contributed by atoms with Crippen LogP contribution in [0.25, 0.3) is 11.2 Å². The first-order chi connectivity index (χ1) is 13.9. The van der Waals surface area contributed by atoms with Crippen molar-refractivity contribution in [1.29, 1.82) is 0 Å². The van der Waals surface area contributed by atoms with Gasteiger partial charge in [0.25, 0.3) is 5.56 Å². The maximum atomic E-state index is 13.1. The lowest BCUT2D eigenvalue weighted by Crippen LogP contribution is -2.39. The molecule has 3 aromatic heterocycles. The van der Waals surface area contributed by atoms with Gasteiger partial charge in [-0.25, -0.2) is 4.79 Å². The molecule has 29 heavy (non-hydrogen) atoms. The molecule has 0 radical (unpaired) electrons. The molecule has 0 amide bonds. The van der Waals surface area contributed by atoms with Crippen LogP contribution in [0, 0.1) is 0 Å². The number of rotatable bonds is 5. The van der Waals surface area contributed by atoms with Gasteiger partial charge in [-0.1, -0.05) is 29.3 Å². The Kier molecular flexibility index (Phi) is 4.93. The Labute approximate surface area is 174 Å². The molecule has 4 rings (SSSR count). The van der Waals surface area contributed by atoms with Crippen LogP contribution >= 0.6 is 23.2 Å². The SMILES string of the molecule is Cn1c(NCc2cn[nH]c2)nc2c1c(=O)n(Cc1ccc(Cl)c(Cl)c1)c(=O)n2C. The van der Waals surface area contributed by atoms with E-state index in [0.717, 1.165) is 10.1 Å². The number of fused-ring (bicyclic) bond motifs is 1. The van der Waals surface area contributed by atoms with Gasteiger partial charge in [0.1, 0.15) is 0 Å². The highest BCUT2D eigenvalue weighted by Crippen LogP contribution is 2.23. The van der Waals surface area contributed by atoms with Gasteiger partial charge in [-0.2, -0.15) is 10.1 Å². The smallest absolute Gasteiger partial charge is 0.332 e. The lowest BCUT2D eigenvalue weighted by atomic mass is 10.2. The minimum Gasteiger partial charge on any atom is -0.351 e. The van der Waals surface area contributed by atoms with Gasteiger partial charge in [-0.05, 0) is 17.7 Å². The van der Waals surface area contributed by atoms with Crippen molar-refractivity contribution < 1.29 is 0 Å². The molecule has 9 nitrogen and oxygen atoms in total. The van der Waals surface area contributed by atoms with Gasteiger partial charge in [0, 0.05) is 32.4 Å². The van der Waals surface area contributed by atoms with Gasteiger partial charge in [-0.15, -0.1) is 0 Å². The van der Waals surface area contributed by atoms with Crippen LogP contribution in [0.5, 0.6) is 0 Å². The molecule has 0 spiro atoms. The number of aryl methyl sites for hydroxylation is 2. The Balaban J connectivity index is 1.78. The normalized spacial score (nSPS) is 11.3. The summed E-state index contributed by atoms with van der Waals surface area (Å²) in [7, 11) is 3.31. The molecule has 0 saturated carbocycles. The van der Waals surface area contributed by atoms with Crippen LogP contribution in [0.2, 0.25) is 10.0 Å². The molecular formula is C18H17Cl2N7O2. The third kappa shape index (κ3) is 3.43. The van der Waals surface area contributed by atoms with Crippen LogP contribution in [-0.2, 0) is 27.2 Å². The molecule has 1 aromatic carbocycles. The third-order valence-electron chi connectivity index (χ3n) is 4.69. The topological polar surface area (TPSA) is 103 Å². The van der Waals surface area contributed by atoms with Gasteiger partial charge in [-0.3, -0.25) is 19.0 Å². The Morgan fingerprint density at radius 3 is 2.59 bits per heavy atom. The average Bonchev–Trinajstić information content (AvgIpc) is 3.32. The summed E-state index contributed by atoms with van der Waals surface area (Å²) in [4.78, 5) is 30.4. The van der Waals surface area contributed by atoms with E-state index < -0.39 is 11.2 Å². The summed E-state index contributed by atoms with van der Waals surface area (Å²) in [5.41, 5.74) is 1.36. The summed E-state index contributed by atoms with van der Waals surface area (Å²) in [5, 5.41) is 10.6. The lowest BCUT2D eigenvalue weighted by Gasteiger charge is -2.09.